The second-order valence-corrected chi connectivity index (χ2v) is 6.55. The normalized spacial score (nSPS) is 11.3. The summed E-state index contributed by atoms with van der Waals surface area (Å²) >= 11 is 0. The first-order valence-electron chi connectivity index (χ1n) is 9.63. The van der Waals surface area contributed by atoms with E-state index in [1.165, 1.54) is 0 Å². The molecule has 0 unspecified atom stereocenters. The van der Waals surface area contributed by atoms with Crippen LogP contribution in [0.1, 0.15) is 51.8 Å². The predicted molar refractivity (Wildman–Crippen MR) is 104 cm³/mol. The van der Waals surface area contributed by atoms with Crippen LogP contribution in [0.15, 0.2) is 30.5 Å². The van der Waals surface area contributed by atoms with Gasteiger partial charge in [-0.15, -0.1) is 0 Å². The fourth-order valence-corrected chi connectivity index (χ4v) is 3.35. The van der Waals surface area contributed by atoms with Gasteiger partial charge in [0.1, 0.15) is 11.3 Å². The van der Waals surface area contributed by atoms with Crippen molar-refractivity contribution in [3.8, 4) is 0 Å². The molecule has 3 aromatic rings. The lowest BCUT2D eigenvalue weighted by atomic mass is 10.2. The molecule has 0 fully saturated rings. The van der Waals surface area contributed by atoms with E-state index in [-0.39, 0.29) is 5.97 Å². The summed E-state index contributed by atoms with van der Waals surface area (Å²) in [6.07, 6.45) is 7.35. The van der Waals surface area contributed by atoms with Crippen LogP contribution in [-0.4, -0.2) is 27.1 Å². The molecule has 2 heterocycles. The topological polar surface area (TPSA) is 57.0 Å². The highest BCUT2D eigenvalue weighted by molar-refractivity contribution is 6.02. The Balaban J connectivity index is 1.87. The van der Waals surface area contributed by atoms with Gasteiger partial charge in [0.15, 0.2) is 0 Å². The minimum atomic E-state index is -0.108. The molecule has 1 aromatic carbocycles. The van der Waals surface area contributed by atoms with E-state index in [9.17, 15) is 4.79 Å². The average molecular weight is 353 g/mol. The number of esters is 1. The number of benzene rings is 1. The Morgan fingerprint density at radius 3 is 2.77 bits per heavy atom. The summed E-state index contributed by atoms with van der Waals surface area (Å²) in [6, 6.07) is 8.22. The molecule has 0 atom stereocenters. The molecule has 0 saturated heterocycles. The van der Waals surface area contributed by atoms with E-state index in [4.69, 9.17) is 9.72 Å². The van der Waals surface area contributed by atoms with Gasteiger partial charge in [-0.2, -0.15) is 0 Å². The van der Waals surface area contributed by atoms with Gasteiger partial charge in [0.2, 0.25) is 0 Å². The third kappa shape index (κ3) is 4.03. The van der Waals surface area contributed by atoms with Crippen molar-refractivity contribution in [2.75, 3.05) is 6.61 Å². The number of ether oxygens (including phenoxy) is 1. The number of imidazole rings is 1. The van der Waals surface area contributed by atoms with Crippen molar-refractivity contribution >= 4 is 27.9 Å². The van der Waals surface area contributed by atoms with Crippen molar-refractivity contribution in [3.63, 3.8) is 0 Å². The average Bonchev–Trinajstić information content (AvgIpc) is 3.01. The number of carbonyl (C=O) groups excluding carboxylic acids is 1. The molecule has 2 aromatic heterocycles. The van der Waals surface area contributed by atoms with Crippen molar-refractivity contribution in [2.45, 2.75) is 58.9 Å². The molecule has 0 aliphatic heterocycles. The lowest BCUT2D eigenvalue weighted by molar-refractivity contribution is -0.143. The summed E-state index contributed by atoms with van der Waals surface area (Å²) in [5.41, 5.74) is 3.12. The number of para-hydroxylation sites is 1. The van der Waals surface area contributed by atoms with E-state index in [1.807, 2.05) is 31.3 Å². The number of fused-ring (bicyclic) bond motifs is 3. The maximum Gasteiger partial charge on any atom is 0.305 e. The van der Waals surface area contributed by atoms with Gasteiger partial charge in [0, 0.05) is 24.8 Å². The van der Waals surface area contributed by atoms with Crippen LogP contribution in [-0.2, 0) is 22.5 Å². The Morgan fingerprint density at radius 2 is 1.96 bits per heavy atom. The van der Waals surface area contributed by atoms with Crippen molar-refractivity contribution in [1.82, 2.24) is 14.5 Å². The molecular weight excluding hydrogens is 326 g/mol. The third-order valence-electron chi connectivity index (χ3n) is 4.63. The lowest BCUT2D eigenvalue weighted by Crippen LogP contribution is -2.07. The second-order valence-electron chi connectivity index (χ2n) is 6.55. The maximum absolute atomic E-state index is 11.6. The number of pyridine rings is 1. The summed E-state index contributed by atoms with van der Waals surface area (Å²) in [7, 11) is 0. The van der Waals surface area contributed by atoms with E-state index < -0.39 is 0 Å². The van der Waals surface area contributed by atoms with Crippen molar-refractivity contribution in [2.24, 2.45) is 0 Å². The lowest BCUT2D eigenvalue weighted by Gasteiger charge is -2.10. The zero-order valence-corrected chi connectivity index (χ0v) is 15.7. The number of hydrogen-bond donors (Lipinski definition) is 0. The Morgan fingerprint density at radius 1 is 1.12 bits per heavy atom. The SMILES string of the molecule is CCCCc1nc2cnc3ccccc3c2n1CCCCC(=O)OCC. The highest BCUT2D eigenvalue weighted by Crippen LogP contribution is 2.26. The number of aryl methyl sites for hydroxylation is 2. The van der Waals surface area contributed by atoms with Crippen LogP contribution in [0.5, 0.6) is 0 Å². The predicted octanol–water partition coefficient (Wildman–Crippen LogP) is 4.66. The molecule has 0 N–H and O–H groups in total. The van der Waals surface area contributed by atoms with Gasteiger partial charge in [-0.05, 0) is 32.3 Å². The second kappa shape index (κ2) is 8.79. The Kier molecular flexibility index (Phi) is 6.21. The summed E-state index contributed by atoms with van der Waals surface area (Å²) in [5, 5.41) is 1.14. The monoisotopic (exact) mass is 353 g/mol. The van der Waals surface area contributed by atoms with E-state index in [0.717, 1.165) is 66.4 Å². The Bertz CT molecular complexity index is 885. The maximum atomic E-state index is 11.6. The van der Waals surface area contributed by atoms with Gasteiger partial charge in [-0.1, -0.05) is 31.5 Å². The van der Waals surface area contributed by atoms with Crippen LogP contribution in [0.3, 0.4) is 0 Å². The molecule has 138 valence electrons. The minimum absolute atomic E-state index is 0.108. The van der Waals surface area contributed by atoms with Gasteiger partial charge < -0.3 is 9.30 Å². The number of nitrogens with zero attached hydrogens (tertiary/aromatic N) is 3. The first-order chi connectivity index (χ1) is 12.7. The van der Waals surface area contributed by atoms with Gasteiger partial charge in [-0.3, -0.25) is 9.78 Å². The number of hydrogen-bond acceptors (Lipinski definition) is 4. The largest absolute Gasteiger partial charge is 0.466 e. The Hall–Kier alpha value is -2.43. The molecule has 0 spiro atoms. The van der Waals surface area contributed by atoms with Crippen LogP contribution in [0.2, 0.25) is 0 Å². The van der Waals surface area contributed by atoms with E-state index >= 15 is 0 Å². The van der Waals surface area contributed by atoms with Gasteiger partial charge in [0.25, 0.3) is 0 Å². The molecular formula is C21H27N3O2. The van der Waals surface area contributed by atoms with Crippen LogP contribution in [0.25, 0.3) is 21.9 Å². The quantitative estimate of drug-likeness (QED) is 0.415. The van der Waals surface area contributed by atoms with Crippen LogP contribution in [0, 0.1) is 0 Å². The molecule has 3 rings (SSSR count). The van der Waals surface area contributed by atoms with Gasteiger partial charge in [0.05, 0.1) is 23.8 Å². The molecule has 5 heteroatoms. The number of unbranched alkanes of at least 4 members (excludes halogenated alkanes) is 2. The van der Waals surface area contributed by atoms with Gasteiger partial charge >= 0.3 is 5.97 Å². The molecule has 0 bridgehead atoms. The van der Waals surface area contributed by atoms with E-state index in [1.54, 1.807) is 0 Å². The summed E-state index contributed by atoms with van der Waals surface area (Å²) in [6.45, 7) is 5.35. The zero-order valence-electron chi connectivity index (χ0n) is 15.7. The summed E-state index contributed by atoms with van der Waals surface area (Å²) in [5.74, 6) is 1.01. The number of rotatable bonds is 9. The first-order valence-corrected chi connectivity index (χ1v) is 9.63. The van der Waals surface area contributed by atoms with Crippen LogP contribution >= 0.6 is 0 Å². The fraction of sp³-hybridized carbons (Fsp3) is 0.476. The highest BCUT2D eigenvalue weighted by Gasteiger charge is 2.14. The van der Waals surface area contributed by atoms with Crippen LogP contribution < -0.4 is 0 Å². The van der Waals surface area contributed by atoms with E-state index in [0.29, 0.717) is 13.0 Å². The zero-order chi connectivity index (χ0) is 18.4. The third-order valence-corrected chi connectivity index (χ3v) is 4.63. The van der Waals surface area contributed by atoms with E-state index in [2.05, 4.69) is 22.5 Å². The Labute approximate surface area is 154 Å². The van der Waals surface area contributed by atoms with Gasteiger partial charge in [-0.25, -0.2) is 4.98 Å². The number of carbonyl (C=O) groups is 1. The molecule has 0 amide bonds. The molecule has 0 aliphatic rings. The van der Waals surface area contributed by atoms with Crippen molar-refractivity contribution in [1.29, 1.82) is 0 Å². The fourth-order valence-electron chi connectivity index (χ4n) is 3.35. The minimum Gasteiger partial charge on any atom is -0.466 e. The molecule has 5 nitrogen and oxygen atoms in total. The van der Waals surface area contributed by atoms with Crippen molar-refractivity contribution in [3.05, 3.63) is 36.3 Å². The summed E-state index contributed by atoms with van der Waals surface area (Å²) < 4.78 is 7.35. The smallest absolute Gasteiger partial charge is 0.305 e. The van der Waals surface area contributed by atoms with Crippen LogP contribution in [0.4, 0.5) is 0 Å². The first kappa shape index (κ1) is 18.4. The summed E-state index contributed by atoms with van der Waals surface area (Å²) in [4.78, 5) is 20.9. The standard InChI is InChI=1S/C21H27N3O2/c1-3-5-12-19-23-18-15-22-17-11-7-6-10-16(17)21(18)24(19)14-9-8-13-20(25)26-4-2/h6-7,10-11,15H,3-5,8-9,12-14H2,1-2H3. The molecule has 0 radical (unpaired) electrons. The molecule has 26 heavy (non-hydrogen) atoms. The number of aromatic nitrogens is 3. The van der Waals surface area contributed by atoms with Crippen molar-refractivity contribution < 1.29 is 9.53 Å². The molecule has 0 saturated carbocycles. The molecule has 0 aliphatic carbocycles. The highest BCUT2D eigenvalue weighted by atomic mass is 16.5.